The van der Waals surface area contributed by atoms with E-state index in [1.54, 1.807) is 7.05 Å². The number of benzene rings is 1. The molecule has 0 aliphatic carbocycles. The Morgan fingerprint density at radius 1 is 1.28 bits per heavy atom. The average Bonchev–Trinajstić information content (AvgIpc) is 3.36. The summed E-state index contributed by atoms with van der Waals surface area (Å²) in [5.41, 5.74) is 2.04. The molecule has 25 heavy (non-hydrogen) atoms. The lowest BCUT2D eigenvalue weighted by atomic mass is 9.96. The summed E-state index contributed by atoms with van der Waals surface area (Å²) in [5.74, 6) is 0.811. The Hall–Kier alpha value is -1.61. The lowest BCUT2D eigenvalue weighted by Gasteiger charge is -2.22. The Kier molecular flexibility index (Phi) is 5.95. The summed E-state index contributed by atoms with van der Waals surface area (Å²) in [5, 5.41) is 11.4. The van der Waals surface area contributed by atoms with Crippen molar-refractivity contribution in [2.24, 2.45) is 4.99 Å². The molecule has 2 aliphatic heterocycles. The summed E-state index contributed by atoms with van der Waals surface area (Å²) >= 11 is 0. The molecule has 4 rings (SSSR count). The van der Waals surface area contributed by atoms with Crippen molar-refractivity contribution in [1.82, 2.24) is 20.4 Å². The fourth-order valence-electron chi connectivity index (χ4n) is 3.51. The van der Waals surface area contributed by atoms with E-state index in [9.17, 15) is 0 Å². The molecule has 0 amide bonds. The number of halogens is 1. The van der Waals surface area contributed by atoms with Gasteiger partial charge in [-0.2, -0.15) is 5.10 Å². The molecule has 2 fully saturated rings. The van der Waals surface area contributed by atoms with Crippen LogP contribution in [-0.4, -0.2) is 41.0 Å². The smallest absolute Gasteiger partial charge is 0.191 e. The van der Waals surface area contributed by atoms with E-state index in [0.29, 0.717) is 24.8 Å². The largest absolute Gasteiger partial charge is 0.373 e. The van der Waals surface area contributed by atoms with Crippen LogP contribution in [0.5, 0.6) is 0 Å². The van der Waals surface area contributed by atoms with Crippen LogP contribution in [0.15, 0.2) is 47.6 Å². The first-order valence-corrected chi connectivity index (χ1v) is 8.54. The van der Waals surface area contributed by atoms with Gasteiger partial charge in [0.2, 0.25) is 0 Å². The average molecular weight is 453 g/mol. The lowest BCUT2D eigenvalue weighted by Crippen LogP contribution is -2.47. The van der Waals surface area contributed by atoms with E-state index in [1.807, 2.05) is 47.3 Å². The number of para-hydroxylation sites is 1. The van der Waals surface area contributed by atoms with E-state index in [0.717, 1.165) is 30.2 Å². The molecular formula is C18H24IN5O. The standard InChI is InChI=1S/C18H23N5O.HI/c1-19-18(21-16-11-15-7-8-17(16)24-15)20-12-13-9-10-23(22-13)14-5-3-2-4-6-14;/h2-6,9-10,15-17H,7-8,11-12H2,1H3,(H2,19,20,21);1H. The molecule has 0 spiro atoms. The van der Waals surface area contributed by atoms with E-state index >= 15 is 0 Å². The Balaban J connectivity index is 0.00000182. The van der Waals surface area contributed by atoms with E-state index in [4.69, 9.17) is 4.74 Å². The van der Waals surface area contributed by atoms with Crippen LogP contribution in [0.3, 0.4) is 0 Å². The Labute approximate surface area is 165 Å². The van der Waals surface area contributed by atoms with E-state index in [2.05, 4.69) is 20.7 Å². The molecule has 3 heterocycles. The van der Waals surface area contributed by atoms with Crippen molar-refractivity contribution in [3.8, 4) is 5.69 Å². The maximum atomic E-state index is 5.88. The molecule has 0 radical (unpaired) electrons. The van der Waals surface area contributed by atoms with Crippen molar-refractivity contribution in [3.05, 3.63) is 48.3 Å². The summed E-state index contributed by atoms with van der Waals surface area (Å²) in [7, 11) is 1.80. The van der Waals surface area contributed by atoms with Gasteiger partial charge in [0.05, 0.1) is 36.2 Å². The van der Waals surface area contributed by atoms with E-state index in [-0.39, 0.29) is 24.0 Å². The van der Waals surface area contributed by atoms with Crippen LogP contribution in [0.2, 0.25) is 0 Å². The highest BCUT2D eigenvalue weighted by Crippen LogP contribution is 2.34. The summed E-state index contributed by atoms with van der Waals surface area (Å²) in [4.78, 5) is 4.32. The first-order valence-electron chi connectivity index (χ1n) is 8.54. The minimum atomic E-state index is 0. The molecule has 2 aliphatic rings. The van der Waals surface area contributed by atoms with Gasteiger partial charge in [0.15, 0.2) is 5.96 Å². The summed E-state index contributed by atoms with van der Waals surface area (Å²) in [6.45, 7) is 0.640. The SMILES string of the molecule is CN=C(NCc1ccn(-c2ccccc2)n1)NC1CC2CCC1O2.I. The van der Waals surface area contributed by atoms with Crippen LogP contribution >= 0.6 is 24.0 Å². The number of nitrogens with one attached hydrogen (secondary N) is 2. The number of rotatable bonds is 4. The van der Waals surface area contributed by atoms with Crippen LogP contribution in [0, 0.1) is 0 Å². The molecule has 0 saturated carbocycles. The van der Waals surface area contributed by atoms with Gasteiger partial charge in [-0.05, 0) is 37.5 Å². The maximum Gasteiger partial charge on any atom is 0.191 e. The number of ether oxygens (including phenoxy) is 1. The molecular weight excluding hydrogens is 429 g/mol. The number of guanidine groups is 1. The van der Waals surface area contributed by atoms with Crippen LogP contribution in [-0.2, 0) is 11.3 Å². The molecule has 3 atom stereocenters. The third-order valence-electron chi connectivity index (χ3n) is 4.75. The van der Waals surface area contributed by atoms with Crippen LogP contribution in [0.4, 0.5) is 0 Å². The second-order valence-corrected chi connectivity index (χ2v) is 6.37. The van der Waals surface area contributed by atoms with Gasteiger partial charge in [-0.3, -0.25) is 4.99 Å². The zero-order chi connectivity index (χ0) is 16.4. The second kappa shape index (κ2) is 8.18. The van der Waals surface area contributed by atoms with Gasteiger partial charge in [0.25, 0.3) is 0 Å². The fourth-order valence-corrected chi connectivity index (χ4v) is 3.51. The van der Waals surface area contributed by atoms with Crippen molar-refractivity contribution in [2.45, 2.75) is 44.1 Å². The summed E-state index contributed by atoms with van der Waals surface area (Å²) in [6.07, 6.45) is 6.19. The van der Waals surface area contributed by atoms with Gasteiger partial charge >= 0.3 is 0 Å². The van der Waals surface area contributed by atoms with E-state index in [1.165, 1.54) is 6.42 Å². The topological polar surface area (TPSA) is 63.5 Å². The van der Waals surface area contributed by atoms with Gasteiger partial charge in [0.1, 0.15) is 0 Å². The van der Waals surface area contributed by atoms with Gasteiger partial charge in [-0.1, -0.05) is 18.2 Å². The molecule has 2 saturated heterocycles. The first kappa shape index (κ1) is 18.2. The highest BCUT2D eigenvalue weighted by atomic mass is 127. The molecule has 2 bridgehead atoms. The van der Waals surface area contributed by atoms with Crippen LogP contribution in [0.25, 0.3) is 5.69 Å². The molecule has 3 unspecified atom stereocenters. The van der Waals surface area contributed by atoms with Crippen molar-refractivity contribution < 1.29 is 4.74 Å². The lowest BCUT2D eigenvalue weighted by molar-refractivity contribution is 0.0992. The fraction of sp³-hybridized carbons (Fsp3) is 0.444. The van der Waals surface area contributed by atoms with Crippen molar-refractivity contribution in [3.63, 3.8) is 0 Å². The second-order valence-electron chi connectivity index (χ2n) is 6.37. The number of hydrogen-bond donors (Lipinski definition) is 2. The van der Waals surface area contributed by atoms with Crippen molar-refractivity contribution >= 4 is 29.9 Å². The molecule has 2 N–H and O–H groups in total. The quantitative estimate of drug-likeness (QED) is 0.424. The zero-order valence-electron chi connectivity index (χ0n) is 14.3. The van der Waals surface area contributed by atoms with Gasteiger partial charge in [-0.25, -0.2) is 4.68 Å². The summed E-state index contributed by atoms with van der Waals surface area (Å²) < 4.78 is 7.77. The number of aromatic nitrogens is 2. The predicted octanol–water partition coefficient (Wildman–Crippen LogP) is 2.48. The third-order valence-corrected chi connectivity index (χ3v) is 4.75. The Bertz CT molecular complexity index is 717. The molecule has 1 aromatic heterocycles. The van der Waals surface area contributed by atoms with Gasteiger partial charge in [-0.15, -0.1) is 24.0 Å². The highest BCUT2D eigenvalue weighted by molar-refractivity contribution is 14.0. The third kappa shape index (κ3) is 4.14. The molecule has 2 aromatic rings. The molecule has 7 heteroatoms. The van der Waals surface area contributed by atoms with Gasteiger partial charge < -0.3 is 15.4 Å². The predicted molar refractivity (Wildman–Crippen MR) is 109 cm³/mol. The number of fused-ring (bicyclic) bond motifs is 2. The van der Waals surface area contributed by atoms with Crippen molar-refractivity contribution in [2.75, 3.05) is 7.05 Å². The Morgan fingerprint density at radius 2 is 2.12 bits per heavy atom. The van der Waals surface area contributed by atoms with Crippen molar-refractivity contribution in [1.29, 1.82) is 0 Å². The van der Waals surface area contributed by atoms with Crippen LogP contribution < -0.4 is 10.6 Å². The van der Waals surface area contributed by atoms with Crippen LogP contribution in [0.1, 0.15) is 25.0 Å². The van der Waals surface area contributed by atoms with Gasteiger partial charge in [0, 0.05) is 13.2 Å². The zero-order valence-corrected chi connectivity index (χ0v) is 16.6. The normalized spacial score (nSPS) is 24.8. The van der Waals surface area contributed by atoms with E-state index < -0.39 is 0 Å². The molecule has 1 aromatic carbocycles. The maximum absolute atomic E-state index is 5.88. The Morgan fingerprint density at radius 3 is 2.80 bits per heavy atom. The number of aliphatic imine (C=N–C) groups is 1. The monoisotopic (exact) mass is 453 g/mol. The molecule has 134 valence electrons. The summed E-state index contributed by atoms with van der Waals surface area (Å²) in [6, 6.07) is 12.5. The minimum Gasteiger partial charge on any atom is -0.373 e. The number of hydrogen-bond acceptors (Lipinski definition) is 3. The molecule has 6 nitrogen and oxygen atoms in total. The first-order chi connectivity index (χ1) is 11.8. The number of nitrogens with zero attached hydrogens (tertiary/aromatic N) is 3. The minimum absolute atomic E-state index is 0. The highest BCUT2D eigenvalue weighted by Gasteiger charge is 2.41.